The van der Waals surface area contributed by atoms with Gasteiger partial charge in [-0.15, -0.1) is 16.4 Å². The van der Waals surface area contributed by atoms with Crippen LogP contribution in [0.3, 0.4) is 0 Å². The lowest BCUT2D eigenvalue weighted by atomic mass is 10.2. The molecule has 2 aromatic heterocycles. The lowest BCUT2D eigenvalue weighted by Gasteiger charge is -2.02. The van der Waals surface area contributed by atoms with Gasteiger partial charge in [0.15, 0.2) is 0 Å². The number of rotatable bonds is 3. The van der Waals surface area contributed by atoms with Gasteiger partial charge in [-0.05, 0) is 30.8 Å². The predicted octanol–water partition coefficient (Wildman–Crippen LogP) is 2.46. The average Bonchev–Trinajstić information content (AvgIpc) is 3.07. The van der Waals surface area contributed by atoms with Crippen LogP contribution in [0.15, 0.2) is 15.9 Å². The highest BCUT2D eigenvalue weighted by Gasteiger charge is 2.23. The van der Waals surface area contributed by atoms with E-state index in [1.54, 1.807) is 11.4 Å². The molecule has 3 rings (SSSR count). The van der Waals surface area contributed by atoms with Crippen LogP contribution in [-0.2, 0) is 0 Å². The summed E-state index contributed by atoms with van der Waals surface area (Å²) >= 11 is 7.15. The number of aromatic nitrogens is 2. The van der Waals surface area contributed by atoms with Crippen LogP contribution in [0.2, 0.25) is 5.02 Å². The predicted molar refractivity (Wildman–Crippen MR) is 71.6 cm³/mol. The Bertz CT molecular complexity index is 591. The number of nitrogens with zero attached hydrogens (tertiary/aromatic N) is 2. The Hall–Kier alpha value is -1.44. The van der Waals surface area contributed by atoms with Gasteiger partial charge < -0.3 is 9.73 Å². The Morgan fingerprint density at radius 3 is 3.16 bits per heavy atom. The number of hydrogen-bond donors (Lipinski definition) is 2. The molecule has 19 heavy (non-hydrogen) atoms. The Labute approximate surface area is 118 Å². The molecule has 0 aromatic carbocycles. The van der Waals surface area contributed by atoms with Crippen molar-refractivity contribution < 1.29 is 9.21 Å². The third-order valence-electron chi connectivity index (χ3n) is 2.84. The quantitative estimate of drug-likeness (QED) is 0.910. The maximum absolute atomic E-state index is 11.9. The zero-order valence-corrected chi connectivity index (χ0v) is 11.4. The molecule has 0 aliphatic carbocycles. The second-order valence-corrected chi connectivity index (χ2v) is 5.47. The van der Waals surface area contributed by atoms with Gasteiger partial charge in [0.25, 0.3) is 5.91 Å². The van der Waals surface area contributed by atoms with Crippen molar-refractivity contribution in [2.75, 3.05) is 11.9 Å². The molecule has 1 saturated heterocycles. The molecule has 1 amide bonds. The van der Waals surface area contributed by atoms with Gasteiger partial charge in [0.05, 0.1) is 11.1 Å². The third-order valence-corrected chi connectivity index (χ3v) is 4.18. The molecule has 1 atom stereocenters. The lowest BCUT2D eigenvalue weighted by Crippen LogP contribution is -2.13. The van der Waals surface area contributed by atoms with Crippen LogP contribution < -0.4 is 10.6 Å². The van der Waals surface area contributed by atoms with Crippen LogP contribution in [0, 0.1) is 0 Å². The summed E-state index contributed by atoms with van der Waals surface area (Å²) in [6, 6.07) is 1.85. The fourth-order valence-electron chi connectivity index (χ4n) is 1.93. The van der Waals surface area contributed by atoms with Crippen LogP contribution in [0.25, 0.3) is 0 Å². The molecule has 1 aliphatic rings. The van der Waals surface area contributed by atoms with Crippen LogP contribution in [0.1, 0.15) is 34.4 Å². The number of anilines is 1. The summed E-state index contributed by atoms with van der Waals surface area (Å²) in [4.78, 5) is 12.3. The van der Waals surface area contributed by atoms with E-state index < -0.39 is 0 Å². The Kier molecular flexibility index (Phi) is 3.50. The standard InChI is InChI=1S/C11H11ClN4O2S/c12-6-3-5-19-8(6)9(17)14-11-16-15-10(18-11)7-2-1-4-13-7/h3,5,7,13H,1-2,4H2,(H,14,16,17). The van der Waals surface area contributed by atoms with E-state index >= 15 is 0 Å². The van der Waals surface area contributed by atoms with Gasteiger partial charge in [0, 0.05) is 0 Å². The minimum Gasteiger partial charge on any atom is -0.406 e. The Morgan fingerprint density at radius 1 is 1.58 bits per heavy atom. The molecule has 8 heteroatoms. The van der Waals surface area contributed by atoms with Crippen molar-refractivity contribution in [3.63, 3.8) is 0 Å². The lowest BCUT2D eigenvalue weighted by molar-refractivity contribution is 0.102. The normalized spacial score (nSPS) is 18.7. The van der Waals surface area contributed by atoms with Crippen LogP contribution >= 0.6 is 22.9 Å². The van der Waals surface area contributed by atoms with Gasteiger partial charge in [0.1, 0.15) is 4.88 Å². The molecule has 6 nitrogen and oxygen atoms in total. The maximum Gasteiger partial charge on any atom is 0.322 e. The molecular formula is C11H11ClN4O2S. The van der Waals surface area contributed by atoms with Crippen LogP contribution in [0.4, 0.5) is 6.01 Å². The number of thiophene rings is 1. The van der Waals surface area contributed by atoms with E-state index in [0.29, 0.717) is 15.8 Å². The number of halogens is 1. The maximum atomic E-state index is 11.9. The van der Waals surface area contributed by atoms with E-state index in [4.69, 9.17) is 16.0 Å². The first-order valence-electron chi connectivity index (χ1n) is 5.85. The summed E-state index contributed by atoms with van der Waals surface area (Å²) in [6.45, 7) is 0.944. The minimum atomic E-state index is -0.338. The van der Waals surface area contributed by atoms with Crippen molar-refractivity contribution >= 4 is 34.9 Å². The highest BCUT2D eigenvalue weighted by Crippen LogP contribution is 2.25. The summed E-state index contributed by atoms with van der Waals surface area (Å²) in [5, 5.41) is 15.7. The van der Waals surface area contributed by atoms with Gasteiger partial charge in [-0.1, -0.05) is 16.7 Å². The zero-order chi connectivity index (χ0) is 13.2. The topological polar surface area (TPSA) is 80.0 Å². The van der Waals surface area contributed by atoms with E-state index in [1.165, 1.54) is 11.3 Å². The van der Waals surface area contributed by atoms with Crippen molar-refractivity contribution in [3.8, 4) is 0 Å². The second-order valence-electron chi connectivity index (χ2n) is 4.15. The monoisotopic (exact) mass is 298 g/mol. The van der Waals surface area contributed by atoms with Gasteiger partial charge in [-0.3, -0.25) is 10.1 Å². The number of hydrogen-bond acceptors (Lipinski definition) is 6. The van der Waals surface area contributed by atoms with E-state index in [-0.39, 0.29) is 18.0 Å². The molecular weight excluding hydrogens is 288 g/mol. The Morgan fingerprint density at radius 2 is 2.47 bits per heavy atom. The van der Waals surface area contributed by atoms with Crippen LogP contribution in [-0.4, -0.2) is 22.6 Å². The molecule has 0 radical (unpaired) electrons. The van der Waals surface area contributed by atoms with E-state index in [0.717, 1.165) is 19.4 Å². The molecule has 1 unspecified atom stereocenters. The van der Waals surface area contributed by atoms with E-state index in [9.17, 15) is 4.79 Å². The zero-order valence-electron chi connectivity index (χ0n) is 9.85. The number of amides is 1. The molecule has 1 aliphatic heterocycles. The molecule has 100 valence electrons. The summed E-state index contributed by atoms with van der Waals surface area (Å²) in [6.07, 6.45) is 2.05. The SMILES string of the molecule is O=C(Nc1nnc(C2CCCN2)o1)c1sccc1Cl. The molecule has 1 fully saturated rings. The number of nitrogens with one attached hydrogen (secondary N) is 2. The average molecular weight is 299 g/mol. The number of carbonyl (C=O) groups excluding carboxylic acids is 1. The molecule has 2 N–H and O–H groups in total. The summed E-state index contributed by atoms with van der Waals surface area (Å²) in [5.74, 6) is 0.166. The number of carbonyl (C=O) groups is 1. The summed E-state index contributed by atoms with van der Waals surface area (Å²) in [7, 11) is 0. The first kappa shape index (κ1) is 12.6. The molecule has 3 heterocycles. The van der Waals surface area contributed by atoms with E-state index in [1.807, 2.05) is 0 Å². The van der Waals surface area contributed by atoms with Crippen molar-refractivity contribution in [3.05, 3.63) is 27.2 Å². The summed E-state index contributed by atoms with van der Waals surface area (Å²) < 4.78 is 5.42. The highest BCUT2D eigenvalue weighted by molar-refractivity contribution is 7.12. The molecule has 2 aromatic rings. The fourth-order valence-corrected chi connectivity index (χ4v) is 2.97. The highest BCUT2D eigenvalue weighted by atomic mass is 35.5. The summed E-state index contributed by atoms with van der Waals surface area (Å²) in [5.41, 5.74) is 0. The molecule has 0 bridgehead atoms. The van der Waals surface area contributed by atoms with E-state index in [2.05, 4.69) is 20.8 Å². The van der Waals surface area contributed by atoms with Crippen molar-refractivity contribution in [1.82, 2.24) is 15.5 Å². The smallest absolute Gasteiger partial charge is 0.322 e. The van der Waals surface area contributed by atoms with Crippen molar-refractivity contribution in [1.29, 1.82) is 0 Å². The van der Waals surface area contributed by atoms with Gasteiger partial charge in [0.2, 0.25) is 5.89 Å². The first-order valence-corrected chi connectivity index (χ1v) is 7.11. The minimum absolute atomic E-state index is 0.0866. The third kappa shape index (κ3) is 2.63. The van der Waals surface area contributed by atoms with Crippen molar-refractivity contribution in [2.24, 2.45) is 0 Å². The van der Waals surface area contributed by atoms with Crippen LogP contribution in [0.5, 0.6) is 0 Å². The van der Waals surface area contributed by atoms with Crippen molar-refractivity contribution in [2.45, 2.75) is 18.9 Å². The molecule has 0 spiro atoms. The van der Waals surface area contributed by atoms with Gasteiger partial charge in [-0.2, -0.15) is 0 Å². The Balaban J connectivity index is 1.70. The first-order chi connectivity index (χ1) is 9.24. The van der Waals surface area contributed by atoms with Gasteiger partial charge in [-0.25, -0.2) is 0 Å². The van der Waals surface area contributed by atoms with Gasteiger partial charge >= 0.3 is 6.01 Å². The molecule has 0 saturated carbocycles. The largest absolute Gasteiger partial charge is 0.406 e. The second kappa shape index (κ2) is 5.28. The fraction of sp³-hybridized carbons (Fsp3) is 0.364.